The number of carboxylic acids is 1. The molecule has 8 heteroatoms. The summed E-state index contributed by atoms with van der Waals surface area (Å²) < 4.78 is 27.4. The Labute approximate surface area is 153 Å². The van der Waals surface area contributed by atoms with Gasteiger partial charge in [0.1, 0.15) is 0 Å². The van der Waals surface area contributed by atoms with E-state index in [1.165, 1.54) is 9.21 Å². The molecule has 0 aliphatic carbocycles. The van der Waals surface area contributed by atoms with E-state index in [4.69, 9.17) is 0 Å². The van der Waals surface area contributed by atoms with Gasteiger partial charge in [-0.3, -0.25) is 9.59 Å². The highest BCUT2D eigenvalue weighted by Crippen LogP contribution is 2.43. The van der Waals surface area contributed by atoms with Gasteiger partial charge in [-0.05, 0) is 38.3 Å². The predicted molar refractivity (Wildman–Crippen MR) is 95.2 cm³/mol. The first-order chi connectivity index (χ1) is 12.1. The number of benzene rings is 1. The fourth-order valence-electron chi connectivity index (χ4n) is 4.33. The number of aryl methyl sites for hydroxylation is 2. The molecule has 1 spiro atoms. The van der Waals surface area contributed by atoms with Crippen LogP contribution in [0.1, 0.15) is 30.4 Å². The molecule has 2 fully saturated rings. The number of rotatable bonds is 3. The maximum atomic E-state index is 13.0. The van der Waals surface area contributed by atoms with Crippen LogP contribution < -0.4 is 0 Å². The molecule has 2 heterocycles. The van der Waals surface area contributed by atoms with Crippen molar-refractivity contribution in [3.63, 3.8) is 0 Å². The maximum Gasteiger partial charge on any atom is 0.309 e. The summed E-state index contributed by atoms with van der Waals surface area (Å²) in [5, 5.41) is 9.52. The molecule has 1 amide bonds. The number of amides is 1. The second kappa shape index (κ2) is 6.35. The molecular weight excluding hydrogens is 356 g/mol. The largest absolute Gasteiger partial charge is 0.481 e. The Morgan fingerprint density at radius 2 is 1.85 bits per heavy atom. The van der Waals surface area contributed by atoms with Crippen molar-refractivity contribution in [3.8, 4) is 0 Å². The fourth-order valence-corrected chi connectivity index (χ4v) is 5.97. The summed E-state index contributed by atoms with van der Waals surface area (Å²) in [4.78, 5) is 25.5. The third-order valence-corrected chi connectivity index (χ3v) is 7.96. The predicted octanol–water partition coefficient (Wildman–Crippen LogP) is 1.39. The number of carbonyl (C=O) groups is 2. The van der Waals surface area contributed by atoms with E-state index < -0.39 is 27.4 Å². The molecule has 3 rings (SSSR count). The molecular formula is C18H24N2O5S. The molecule has 1 aromatic carbocycles. The third kappa shape index (κ3) is 2.81. The quantitative estimate of drug-likeness (QED) is 0.855. The van der Waals surface area contributed by atoms with Crippen LogP contribution in [0.2, 0.25) is 0 Å². The Hall–Kier alpha value is -1.93. The summed E-state index contributed by atoms with van der Waals surface area (Å²) in [6.07, 6.45) is 0.641. The highest BCUT2D eigenvalue weighted by molar-refractivity contribution is 7.89. The van der Waals surface area contributed by atoms with Crippen LogP contribution in [-0.2, 0) is 19.6 Å². The molecule has 0 aromatic heterocycles. The zero-order valence-corrected chi connectivity index (χ0v) is 16.0. The van der Waals surface area contributed by atoms with Crippen molar-refractivity contribution >= 4 is 21.9 Å². The van der Waals surface area contributed by atoms with E-state index in [-0.39, 0.29) is 30.3 Å². The summed E-state index contributed by atoms with van der Waals surface area (Å²) in [5.41, 5.74) is 0.897. The van der Waals surface area contributed by atoms with Crippen LogP contribution in [0, 0.1) is 19.8 Å². The van der Waals surface area contributed by atoms with Crippen LogP contribution in [0.3, 0.4) is 0 Å². The van der Waals surface area contributed by atoms with Crippen LogP contribution in [0.5, 0.6) is 0 Å². The minimum atomic E-state index is -3.64. The molecule has 7 nitrogen and oxygen atoms in total. The first-order valence-corrected chi connectivity index (χ1v) is 10.1. The highest BCUT2D eigenvalue weighted by atomic mass is 32.2. The van der Waals surface area contributed by atoms with Crippen LogP contribution >= 0.6 is 0 Å². The van der Waals surface area contributed by atoms with E-state index in [0.29, 0.717) is 18.4 Å². The van der Waals surface area contributed by atoms with Crippen LogP contribution in [0.4, 0.5) is 0 Å². The van der Waals surface area contributed by atoms with Gasteiger partial charge in [0.05, 0.1) is 16.4 Å². The lowest BCUT2D eigenvalue weighted by atomic mass is 9.77. The lowest BCUT2D eigenvalue weighted by Crippen LogP contribution is -2.56. The van der Waals surface area contributed by atoms with Gasteiger partial charge in [-0.1, -0.05) is 17.7 Å². The molecule has 2 aliphatic rings. The zero-order chi connectivity index (χ0) is 19.3. The Morgan fingerprint density at radius 1 is 1.23 bits per heavy atom. The van der Waals surface area contributed by atoms with Gasteiger partial charge in [0.25, 0.3) is 0 Å². The normalized spacial score (nSPS) is 23.6. The van der Waals surface area contributed by atoms with Gasteiger partial charge >= 0.3 is 5.97 Å². The zero-order valence-electron chi connectivity index (χ0n) is 15.2. The number of aliphatic carboxylic acids is 1. The van der Waals surface area contributed by atoms with E-state index in [9.17, 15) is 23.1 Å². The minimum absolute atomic E-state index is 0.0182. The number of sulfonamides is 1. The van der Waals surface area contributed by atoms with Crippen LogP contribution in [0.15, 0.2) is 23.1 Å². The Kier molecular flexibility index (Phi) is 4.60. The van der Waals surface area contributed by atoms with Crippen molar-refractivity contribution in [2.24, 2.45) is 5.92 Å². The molecule has 0 saturated carbocycles. The molecule has 1 atom stereocenters. The monoisotopic (exact) mass is 380 g/mol. The van der Waals surface area contributed by atoms with Gasteiger partial charge in [0.15, 0.2) is 0 Å². The molecule has 1 N–H and O–H groups in total. The Morgan fingerprint density at radius 3 is 2.38 bits per heavy atom. The van der Waals surface area contributed by atoms with Crippen molar-refractivity contribution in [1.82, 2.24) is 9.21 Å². The van der Waals surface area contributed by atoms with Crippen molar-refractivity contribution < 1.29 is 23.1 Å². The van der Waals surface area contributed by atoms with Crippen molar-refractivity contribution in [3.05, 3.63) is 29.3 Å². The van der Waals surface area contributed by atoms with Crippen molar-refractivity contribution in [2.45, 2.75) is 43.5 Å². The molecule has 0 unspecified atom stereocenters. The highest BCUT2D eigenvalue weighted by Gasteiger charge is 2.56. The molecule has 2 aliphatic heterocycles. The van der Waals surface area contributed by atoms with E-state index in [1.54, 1.807) is 26.1 Å². The summed E-state index contributed by atoms with van der Waals surface area (Å²) in [6, 6.07) is 5.23. The van der Waals surface area contributed by atoms with E-state index in [1.807, 2.05) is 13.0 Å². The summed E-state index contributed by atoms with van der Waals surface area (Å²) >= 11 is 0. The smallest absolute Gasteiger partial charge is 0.309 e. The van der Waals surface area contributed by atoms with Gasteiger partial charge in [0, 0.05) is 26.6 Å². The van der Waals surface area contributed by atoms with Crippen molar-refractivity contribution in [2.75, 3.05) is 20.1 Å². The summed E-state index contributed by atoms with van der Waals surface area (Å²) in [7, 11) is -2.02. The van der Waals surface area contributed by atoms with Gasteiger partial charge in [-0.15, -0.1) is 0 Å². The number of hydrogen-bond donors (Lipinski definition) is 1. The number of piperidine rings is 1. The molecule has 1 aromatic rings. The number of nitrogens with zero attached hydrogens (tertiary/aromatic N) is 2. The minimum Gasteiger partial charge on any atom is -0.481 e. The second-order valence-electron chi connectivity index (χ2n) is 7.32. The maximum absolute atomic E-state index is 13.0. The fraction of sp³-hybridized carbons (Fsp3) is 0.556. The molecule has 2 saturated heterocycles. The SMILES string of the molecule is Cc1ccc(S(=O)(=O)N2CCC3(CC2)[C@@H](C(=O)O)CC(=O)N3C)c(C)c1. The van der Waals surface area contributed by atoms with Gasteiger partial charge in [-0.2, -0.15) is 4.31 Å². The van der Waals surface area contributed by atoms with Crippen LogP contribution in [0.25, 0.3) is 0 Å². The first kappa shape index (κ1) is 18.8. The van der Waals surface area contributed by atoms with Crippen molar-refractivity contribution in [1.29, 1.82) is 0 Å². The first-order valence-electron chi connectivity index (χ1n) is 8.66. The lowest BCUT2D eigenvalue weighted by Gasteiger charge is -2.45. The summed E-state index contributed by atoms with van der Waals surface area (Å²) in [6.45, 7) is 4.09. The van der Waals surface area contributed by atoms with E-state index in [2.05, 4.69) is 0 Å². The average molecular weight is 380 g/mol. The third-order valence-electron chi connectivity index (χ3n) is 5.90. The Bertz CT molecular complexity index is 856. The number of carbonyl (C=O) groups excluding carboxylic acids is 1. The van der Waals surface area contributed by atoms with Gasteiger partial charge < -0.3 is 10.0 Å². The molecule has 26 heavy (non-hydrogen) atoms. The lowest BCUT2D eigenvalue weighted by molar-refractivity contribution is -0.145. The topological polar surface area (TPSA) is 95.0 Å². The Balaban J connectivity index is 1.86. The van der Waals surface area contributed by atoms with E-state index in [0.717, 1.165) is 5.56 Å². The number of likely N-dealkylation sites (tertiary alicyclic amines) is 1. The number of hydrogen-bond acceptors (Lipinski definition) is 4. The summed E-state index contributed by atoms with van der Waals surface area (Å²) in [5.74, 6) is -1.97. The van der Waals surface area contributed by atoms with Gasteiger partial charge in [0.2, 0.25) is 15.9 Å². The van der Waals surface area contributed by atoms with Gasteiger partial charge in [-0.25, -0.2) is 8.42 Å². The van der Waals surface area contributed by atoms with E-state index >= 15 is 0 Å². The molecule has 142 valence electrons. The van der Waals surface area contributed by atoms with Crippen LogP contribution in [-0.4, -0.2) is 60.3 Å². The average Bonchev–Trinajstić information content (AvgIpc) is 2.80. The molecule has 0 radical (unpaired) electrons. The second-order valence-corrected chi connectivity index (χ2v) is 9.23. The molecule has 0 bridgehead atoms. The number of carboxylic acid groups (broad SMARTS) is 1. The standard InChI is InChI=1S/C18H24N2O5S/c1-12-4-5-15(13(2)10-12)26(24,25)20-8-6-18(7-9-20)14(17(22)23)11-16(21)19(18)3/h4-5,10,14H,6-9,11H2,1-3H3,(H,22,23)/t14-/m1/s1.